The molecule has 1 rings (SSSR count). The lowest BCUT2D eigenvalue weighted by molar-refractivity contribution is 0.310. The normalized spacial score (nSPS) is 10.4. The average Bonchev–Trinajstić information content (AvgIpc) is 2.39. The summed E-state index contributed by atoms with van der Waals surface area (Å²) in [7, 11) is 1.60. The smallest absolute Gasteiger partial charge is 0.186 e. The van der Waals surface area contributed by atoms with Gasteiger partial charge in [-0.3, -0.25) is 5.43 Å². The van der Waals surface area contributed by atoms with Gasteiger partial charge in [0, 0.05) is 6.54 Å². The number of hydrazone groups is 1. The van der Waals surface area contributed by atoms with Crippen molar-refractivity contribution >= 4 is 39.5 Å². The van der Waals surface area contributed by atoms with Gasteiger partial charge in [0.05, 0.1) is 24.4 Å². The van der Waals surface area contributed by atoms with Crippen molar-refractivity contribution in [2.75, 3.05) is 20.3 Å². The lowest BCUT2D eigenvalue weighted by atomic mass is 10.2. The Hall–Kier alpha value is -1.34. The number of hydrogen-bond acceptors (Lipinski definition) is 4. The molecule has 0 aromatic heterocycles. The number of nitrogens with zero attached hydrogens (tertiary/aromatic N) is 1. The van der Waals surface area contributed by atoms with E-state index in [0.29, 0.717) is 23.2 Å². The number of ether oxygens (including phenoxy) is 2. The van der Waals surface area contributed by atoms with Gasteiger partial charge < -0.3 is 14.8 Å². The van der Waals surface area contributed by atoms with Crippen molar-refractivity contribution in [2.24, 2.45) is 5.10 Å². The molecule has 0 fully saturated rings. The fraction of sp³-hybridized carbons (Fsp3) is 0.385. The molecule has 0 aliphatic carbocycles. The first-order valence-electron chi connectivity index (χ1n) is 6.19. The highest BCUT2D eigenvalue weighted by Crippen LogP contribution is 2.36. The molecule has 0 saturated heterocycles. The minimum atomic E-state index is 0.487. The fourth-order valence-corrected chi connectivity index (χ4v) is 2.31. The number of benzene rings is 1. The summed E-state index contributed by atoms with van der Waals surface area (Å²) in [6, 6.07) is 3.75. The summed E-state index contributed by atoms with van der Waals surface area (Å²) in [5.74, 6) is 1.33. The van der Waals surface area contributed by atoms with Crippen LogP contribution in [0.2, 0.25) is 0 Å². The van der Waals surface area contributed by atoms with E-state index in [2.05, 4.69) is 31.8 Å². The first kappa shape index (κ1) is 16.7. The first-order valence-corrected chi connectivity index (χ1v) is 7.39. The summed E-state index contributed by atoms with van der Waals surface area (Å²) in [6.45, 7) is 5.20. The van der Waals surface area contributed by atoms with Gasteiger partial charge in [0.2, 0.25) is 0 Å². The van der Waals surface area contributed by atoms with E-state index in [1.54, 1.807) is 13.3 Å². The number of methoxy groups -OCH3 is 1. The SMILES string of the molecule is CCNC(=S)N/N=C\c1cc(Br)c(OC)c(OCC)c1. The van der Waals surface area contributed by atoms with Crippen LogP contribution in [0, 0.1) is 0 Å². The number of thiocarbonyl (C=S) groups is 1. The third-order valence-corrected chi connectivity index (χ3v) is 3.08. The Kier molecular flexibility index (Phi) is 7.32. The maximum Gasteiger partial charge on any atom is 0.186 e. The largest absolute Gasteiger partial charge is 0.492 e. The second-order valence-electron chi connectivity index (χ2n) is 3.70. The lowest BCUT2D eigenvalue weighted by Gasteiger charge is -2.11. The molecule has 110 valence electrons. The van der Waals surface area contributed by atoms with Crippen molar-refractivity contribution in [3.63, 3.8) is 0 Å². The number of rotatable bonds is 6. The number of hydrogen-bond donors (Lipinski definition) is 2. The van der Waals surface area contributed by atoms with Crippen molar-refractivity contribution in [3.8, 4) is 11.5 Å². The van der Waals surface area contributed by atoms with Crippen LogP contribution >= 0.6 is 28.1 Å². The average molecular weight is 360 g/mol. The minimum Gasteiger partial charge on any atom is -0.492 e. The van der Waals surface area contributed by atoms with Crippen molar-refractivity contribution in [3.05, 3.63) is 22.2 Å². The highest BCUT2D eigenvalue weighted by Gasteiger charge is 2.10. The molecule has 1 aromatic carbocycles. The molecule has 7 heteroatoms. The van der Waals surface area contributed by atoms with Crippen molar-refractivity contribution < 1.29 is 9.47 Å². The van der Waals surface area contributed by atoms with Crippen LogP contribution in [0.4, 0.5) is 0 Å². The highest BCUT2D eigenvalue weighted by molar-refractivity contribution is 9.10. The third kappa shape index (κ3) is 4.97. The predicted octanol–water partition coefficient (Wildman–Crippen LogP) is 2.67. The van der Waals surface area contributed by atoms with Crippen LogP contribution in [0.5, 0.6) is 11.5 Å². The topological polar surface area (TPSA) is 54.9 Å². The second kappa shape index (κ2) is 8.76. The van der Waals surface area contributed by atoms with Crippen LogP contribution in [0.1, 0.15) is 19.4 Å². The van der Waals surface area contributed by atoms with Crippen molar-refractivity contribution in [1.29, 1.82) is 0 Å². The van der Waals surface area contributed by atoms with Crippen LogP contribution in [0.25, 0.3) is 0 Å². The highest BCUT2D eigenvalue weighted by atomic mass is 79.9. The van der Waals surface area contributed by atoms with E-state index in [1.165, 1.54) is 0 Å². The third-order valence-electron chi connectivity index (χ3n) is 2.25. The fourth-order valence-electron chi connectivity index (χ4n) is 1.49. The van der Waals surface area contributed by atoms with Gasteiger partial charge >= 0.3 is 0 Å². The second-order valence-corrected chi connectivity index (χ2v) is 4.96. The Balaban J connectivity index is 2.85. The Labute approximate surface area is 132 Å². The van der Waals surface area contributed by atoms with E-state index < -0.39 is 0 Å². The van der Waals surface area contributed by atoms with Crippen molar-refractivity contribution in [1.82, 2.24) is 10.7 Å². The Morgan fingerprint density at radius 1 is 1.45 bits per heavy atom. The minimum absolute atomic E-state index is 0.487. The molecule has 0 saturated carbocycles. The maximum atomic E-state index is 5.54. The summed E-state index contributed by atoms with van der Waals surface area (Å²) in [5, 5.41) is 7.50. The Morgan fingerprint density at radius 2 is 2.20 bits per heavy atom. The summed E-state index contributed by atoms with van der Waals surface area (Å²) in [6.07, 6.45) is 1.66. The predicted molar refractivity (Wildman–Crippen MR) is 88.9 cm³/mol. The van der Waals surface area contributed by atoms with E-state index >= 15 is 0 Å². The quantitative estimate of drug-likeness (QED) is 0.464. The van der Waals surface area contributed by atoms with E-state index in [1.807, 2.05) is 26.0 Å². The number of nitrogens with one attached hydrogen (secondary N) is 2. The standard InChI is InChI=1S/C13H18BrN3O2S/c1-4-15-13(20)17-16-8-9-6-10(14)12(18-3)11(7-9)19-5-2/h6-8H,4-5H2,1-3H3,(H2,15,17,20)/b16-8-. The van der Waals surface area contributed by atoms with Gasteiger partial charge in [-0.2, -0.15) is 5.10 Å². The molecule has 2 N–H and O–H groups in total. The monoisotopic (exact) mass is 359 g/mol. The molecular weight excluding hydrogens is 342 g/mol. The van der Waals surface area contributed by atoms with E-state index in [9.17, 15) is 0 Å². The molecule has 0 unspecified atom stereocenters. The molecule has 0 atom stereocenters. The summed E-state index contributed by atoms with van der Waals surface area (Å²) in [5.41, 5.74) is 3.60. The molecule has 0 radical (unpaired) electrons. The Morgan fingerprint density at radius 3 is 2.80 bits per heavy atom. The van der Waals surface area contributed by atoms with Gasteiger partial charge in [0.25, 0.3) is 0 Å². The molecular formula is C13H18BrN3O2S. The molecule has 0 amide bonds. The summed E-state index contributed by atoms with van der Waals surface area (Å²) >= 11 is 8.46. The molecule has 0 spiro atoms. The zero-order chi connectivity index (χ0) is 15.0. The molecule has 0 aliphatic heterocycles. The molecule has 5 nitrogen and oxygen atoms in total. The van der Waals surface area contributed by atoms with Gasteiger partial charge in [-0.05, 0) is 59.7 Å². The van der Waals surface area contributed by atoms with E-state index in [0.717, 1.165) is 16.6 Å². The maximum absolute atomic E-state index is 5.54. The number of halogens is 1. The van der Waals surface area contributed by atoms with Gasteiger partial charge in [0.15, 0.2) is 16.6 Å². The Bertz CT molecular complexity index is 495. The van der Waals surface area contributed by atoms with Crippen LogP contribution < -0.4 is 20.2 Å². The van der Waals surface area contributed by atoms with Crippen LogP contribution in [0.15, 0.2) is 21.7 Å². The lowest BCUT2D eigenvalue weighted by Crippen LogP contribution is -2.31. The van der Waals surface area contributed by atoms with Crippen LogP contribution in [0.3, 0.4) is 0 Å². The van der Waals surface area contributed by atoms with Gasteiger partial charge in [-0.1, -0.05) is 0 Å². The summed E-state index contributed by atoms with van der Waals surface area (Å²) in [4.78, 5) is 0. The van der Waals surface area contributed by atoms with Crippen LogP contribution in [-0.4, -0.2) is 31.6 Å². The molecule has 1 aromatic rings. The van der Waals surface area contributed by atoms with Gasteiger partial charge in [-0.15, -0.1) is 0 Å². The summed E-state index contributed by atoms with van der Waals surface area (Å²) < 4.78 is 11.6. The molecule has 0 heterocycles. The van der Waals surface area contributed by atoms with E-state index in [4.69, 9.17) is 21.7 Å². The van der Waals surface area contributed by atoms with E-state index in [-0.39, 0.29) is 0 Å². The molecule has 0 bridgehead atoms. The van der Waals surface area contributed by atoms with Gasteiger partial charge in [0.1, 0.15) is 0 Å². The van der Waals surface area contributed by atoms with Crippen molar-refractivity contribution in [2.45, 2.75) is 13.8 Å². The van der Waals surface area contributed by atoms with Gasteiger partial charge in [-0.25, -0.2) is 0 Å². The molecule has 20 heavy (non-hydrogen) atoms. The zero-order valence-electron chi connectivity index (χ0n) is 11.7. The first-order chi connectivity index (χ1) is 9.62. The van der Waals surface area contributed by atoms with Crippen LogP contribution in [-0.2, 0) is 0 Å². The zero-order valence-corrected chi connectivity index (χ0v) is 14.1. The molecule has 0 aliphatic rings.